The predicted molar refractivity (Wildman–Crippen MR) is 123 cm³/mol. The van der Waals surface area contributed by atoms with Crippen LogP contribution in [0.4, 0.5) is 5.69 Å². The van der Waals surface area contributed by atoms with E-state index >= 15 is 0 Å². The first-order valence-electron chi connectivity index (χ1n) is 10.6. The highest BCUT2D eigenvalue weighted by atomic mass is 35.5. The minimum atomic E-state index is -3.54. The van der Waals surface area contributed by atoms with Crippen molar-refractivity contribution in [2.75, 3.05) is 18.4 Å². The molecule has 4 rings (SSSR count). The van der Waals surface area contributed by atoms with Gasteiger partial charge < -0.3 is 10.4 Å². The molecule has 2 fully saturated rings. The van der Waals surface area contributed by atoms with Gasteiger partial charge in [-0.15, -0.1) is 0 Å². The smallest absolute Gasteiger partial charge is 0.243 e. The lowest BCUT2D eigenvalue weighted by molar-refractivity contribution is -0.117. The van der Waals surface area contributed by atoms with Gasteiger partial charge in [-0.2, -0.15) is 4.31 Å². The van der Waals surface area contributed by atoms with E-state index < -0.39 is 16.1 Å². The summed E-state index contributed by atoms with van der Waals surface area (Å²) in [7, 11) is -3.54. The number of carbonyl (C=O) groups excluding carboxylic acids is 1. The number of carbonyl (C=O) groups is 1. The number of hydrogen-bond donors (Lipinski definition) is 4. The van der Waals surface area contributed by atoms with Crippen LogP contribution in [0.5, 0.6) is 5.75 Å². The number of hydrogen-bond acceptors (Lipinski definition) is 6. The van der Waals surface area contributed by atoms with E-state index in [1.165, 1.54) is 22.5 Å². The molecule has 1 amide bonds. The summed E-state index contributed by atoms with van der Waals surface area (Å²) in [6.07, 6.45) is 2.32. The molecule has 2 saturated heterocycles. The van der Waals surface area contributed by atoms with E-state index in [-0.39, 0.29) is 22.6 Å². The Kier molecular flexibility index (Phi) is 6.73. The summed E-state index contributed by atoms with van der Waals surface area (Å²) in [6, 6.07) is 10.2. The van der Waals surface area contributed by atoms with Crippen molar-refractivity contribution in [1.82, 2.24) is 15.2 Å². The molecular weight excluding hydrogens is 452 g/mol. The van der Waals surface area contributed by atoms with Gasteiger partial charge >= 0.3 is 0 Å². The molecule has 0 spiro atoms. The van der Waals surface area contributed by atoms with Gasteiger partial charge in [0.1, 0.15) is 11.8 Å². The van der Waals surface area contributed by atoms with Crippen LogP contribution in [-0.4, -0.2) is 42.9 Å². The van der Waals surface area contributed by atoms with Crippen LogP contribution in [0.3, 0.4) is 0 Å². The molecule has 10 heteroatoms. The summed E-state index contributed by atoms with van der Waals surface area (Å²) in [5.41, 5.74) is 7.07. The second-order valence-electron chi connectivity index (χ2n) is 8.46. The summed E-state index contributed by atoms with van der Waals surface area (Å²) in [5.74, 6) is 0.193. The number of rotatable bonds is 5. The molecule has 0 aliphatic carbocycles. The van der Waals surface area contributed by atoms with Gasteiger partial charge in [0, 0.05) is 29.4 Å². The van der Waals surface area contributed by atoms with Crippen LogP contribution in [0.15, 0.2) is 47.4 Å². The molecule has 3 atom stereocenters. The highest BCUT2D eigenvalue weighted by Gasteiger charge is 2.32. The van der Waals surface area contributed by atoms with Crippen LogP contribution in [-0.2, 0) is 14.8 Å². The van der Waals surface area contributed by atoms with E-state index in [0.717, 1.165) is 12.8 Å². The Morgan fingerprint density at radius 2 is 1.94 bits per heavy atom. The molecule has 0 radical (unpaired) electrons. The quantitative estimate of drug-likeness (QED) is 0.525. The second kappa shape index (κ2) is 9.36. The molecule has 2 heterocycles. The predicted octanol–water partition coefficient (Wildman–Crippen LogP) is 3.01. The molecule has 4 N–H and O–H groups in total. The zero-order valence-corrected chi connectivity index (χ0v) is 19.3. The number of piperidine rings is 1. The highest BCUT2D eigenvalue weighted by Crippen LogP contribution is 2.32. The first-order valence-corrected chi connectivity index (χ1v) is 12.5. The fourth-order valence-corrected chi connectivity index (χ4v) is 5.97. The van der Waals surface area contributed by atoms with Crippen molar-refractivity contribution in [2.45, 2.75) is 43.2 Å². The van der Waals surface area contributed by atoms with E-state index in [1.54, 1.807) is 24.3 Å². The number of aromatic hydroxyl groups is 1. The number of halogens is 1. The number of anilines is 1. The maximum Gasteiger partial charge on any atom is 0.243 e. The van der Waals surface area contributed by atoms with Crippen molar-refractivity contribution in [2.24, 2.45) is 5.92 Å². The number of phenolic OH excluding ortho intramolecular Hbond substituents is 1. The third kappa shape index (κ3) is 4.92. The van der Waals surface area contributed by atoms with Crippen molar-refractivity contribution < 1.29 is 18.3 Å². The molecular formula is C22H27ClN4O4S. The van der Waals surface area contributed by atoms with Crippen molar-refractivity contribution >= 4 is 33.2 Å². The summed E-state index contributed by atoms with van der Waals surface area (Å²) in [4.78, 5) is 12.9. The Balaban J connectivity index is 1.38. The van der Waals surface area contributed by atoms with E-state index in [9.17, 15) is 18.3 Å². The van der Waals surface area contributed by atoms with Crippen molar-refractivity contribution in [3.63, 3.8) is 0 Å². The Morgan fingerprint density at radius 1 is 1.19 bits per heavy atom. The first kappa shape index (κ1) is 23.0. The fraction of sp³-hybridized carbons (Fsp3) is 0.409. The highest BCUT2D eigenvalue weighted by molar-refractivity contribution is 7.89. The third-order valence-corrected chi connectivity index (χ3v) is 8.08. The van der Waals surface area contributed by atoms with Gasteiger partial charge in [0.15, 0.2) is 0 Å². The minimum Gasteiger partial charge on any atom is -0.508 e. The van der Waals surface area contributed by atoms with Crippen LogP contribution in [0.25, 0.3) is 0 Å². The van der Waals surface area contributed by atoms with E-state index in [4.69, 9.17) is 11.6 Å². The molecule has 172 valence electrons. The standard InChI is InChI=1S/C22H27ClN4O4S/c1-14-3-2-10-27(13-14)32(30,31)17-7-5-16(6-8-17)24-22(29)20-12-19(25-26-20)18-11-15(23)4-9-21(18)28/h4-9,11,14,19-20,25-26,28H,2-3,10,12-13H2,1H3,(H,24,29). The topological polar surface area (TPSA) is 111 Å². The van der Waals surface area contributed by atoms with Gasteiger partial charge in [-0.05, 0) is 67.6 Å². The Labute approximate surface area is 193 Å². The summed E-state index contributed by atoms with van der Waals surface area (Å²) < 4.78 is 27.3. The maximum atomic E-state index is 12.9. The van der Waals surface area contributed by atoms with Gasteiger partial charge in [0.25, 0.3) is 0 Å². The lowest BCUT2D eigenvalue weighted by atomic mass is 10.0. The zero-order chi connectivity index (χ0) is 22.9. The third-order valence-electron chi connectivity index (χ3n) is 5.96. The number of phenols is 1. The number of amides is 1. The van der Waals surface area contributed by atoms with Crippen LogP contribution in [0.2, 0.25) is 5.02 Å². The van der Waals surface area contributed by atoms with Crippen LogP contribution >= 0.6 is 11.6 Å². The average Bonchev–Trinajstić information content (AvgIpc) is 3.26. The molecule has 0 saturated carbocycles. The number of sulfonamides is 1. The van der Waals surface area contributed by atoms with Gasteiger partial charge in [-0.3, -0.25) is 4.79 Å². The fourth-order valence-electron chi connectivity index (χ4n) is 4.19. The Hall–Kier alpha value is -2.17. The molecule has 8 nitrogen and oxygen atoms in total. The molecule has 2 aliphatic heterocycles. The molecule has 2 aromatic carbocycles. The van der Waals surface area contributed by atoms with Crippen molar-refractivity contribution in [3.05, 3.63) is 53.1 Å². The molecule has 3 unspecified atom stereocenters. The van der Waals surface area contributed by atoms with E-state index in [0.29, 0.717) is 41.7 Å². The maximum absolute atomic E-state index is 12.9. The van der Waals surface area contributed by atoms with Crippen LogP contribution in [0.1, 0.15) is 37.8 Å². The number of benzene rings is 2. The van der Waals surface area contributed by atoms with E-state index in [1.807, 2.05) is 0 Å². The molecule has 32 heavy (non-hydrogen) atoms. The summed E-state index contributed by atoms with van der Waals surface area (Å²) in [6.45, 7) is 3.13. The summed E-state index contributed by atoms with van der Waals surface area (Å²) >= 11 is 6.02. The van der Waals surface area contributed by atoms with Gasteiger partial charge in [-0.25, -0.2) is 19.3 Å². The largest absolute Gasteiger partial charge is 0.508 e. The zero-order valence-electron chi connectivity index (χ0n) is 17.7. The Morgan fingerprint density at radius 3 is 2.66 bits per heavy atom. The molecule has 2 aliphatic rings. The first-order chi connectivity index (χ1) is 15.2. The second-order valence-corrected chi connectivity index (χ2v) is 10.8. The number of nitrogens with zero attached hydrogens (tertiary/aromatic N) is 1. The number of hydrazine groups is 1. The number of nitrogens with one attached hydrogen (secondary N) is 3. The monoisotopic (exact) mass is 478 g/mol. The lowest BCUT2D eigenvalue weighted by Crippen LogP contribution is -2.39. The summed E-state index contributed by atoms with van der Waals surface area (Å²) in [5, 5.41) is 13.4. The molecule has 2 aromatic rings. The van der Waals surface area contributed by atoms with Gasteiger partial charge in [0.2, 0.25) is 15.9 Å². The minimum absolute atomic E-state index is 0.106. The Bertz CT molecular complexity index is 1090. The SMILES string of the molecule is CC1CCCN(S(=O)(=O)c2ccc(NC(=O)C3CC(c4cc(Cl)ccc4O)NN3)cc2)C1. The van der Waals surface area contributed by atoms with Crippen molar-refractivity contribution in [1.29, 1.82) is 0 Å². The van der Waals surface area contributed by atoms with Gasteiger partial charge in [-0.1, -0.05) is 18.5 Å². The van der Waals surface area contributed by atoms with Crippen molar-refractivity contribution in [3.8, 4) is 5.75 Å². The van der Waals surface area contributed by atoms with Crippen LogP contribution < -0.4 is 16.2 Å². The molecule has 0 bridgehead atoms. The lowest BCUT2D eigenvalue weighted by Gasteiger charge is -2.30. The average molecular weight is 479 g/mol. The normalized spacial score (nSPS) is 24.4. The van der Waals surface area contributed by atoms with Crippen LogP contribution in [0, 0.1) is 5.92 Å². The van der Waals surface area contributed by atoms with Gasteiger partial charge in [0.05, 0.1) is 10.9 Å². The van der Waals surface area contributed by atoms with E-state index in [2.05, 4.69) is 23.1 Å². The molecule has 0 aromatic heterocycles.